The van der Waals surface area contributed by atoms with Gasteiger partial charge in [0.1, 0.15) is 0 Å². The Morgan fingerprint density at radius 3 is 1.09 bits per heavy atom. The average molecular weight is 630 g/mol. The van der Waals surface area contributed by atoms with Gasteiger partial charge in [0, 0.05) is 12.5 Å². The molecule has 0 rings (SSSR count). The fourth-order valence-corrected chi connectivity index (χ4v) is 6.35. The number of hydrogen-bond acceptors (Lipinski definition) is 1. The predicted molar refractivity (Wildman–Crippen MR) is 204 cm³/mol. The molecule has 0 saturated carbocycles. The number of hydrogen-bond donors (Lipinski definition) is 1. The summed E-state index contributed by atoms with van der Waals surface area (Å²) in [5.74, 6) is 0.258. The van der Waals surface area contributed by atoms with Gasteiger partial charge in [-0.25, -0.2) is 0 Å². The third-order valence-corrected chi connectivity index (χ3v) is 9.59. The molecule has 0 bridgehead atoms. The number of unbranched alkanes of at least 4 members (excludes halogenated alkanes) is 28. The van der Waals surface area contributed by atoms with Gasteiger partial charge in [0.25, 0.3) is 0 Å². The van der Waals surface area contributed by atoms with Crippen molar-refractivity contribution in [3.8, 4) is 0 Å². The maximum absolute atomic E-state index is 12.4. The molecular weight excluding hydrogens is 546 g/mol. The number of nitrogens with one attached hydrogen (secondary N) is 1. The lowest BCUT2D eigenvalue weighted by Gasteiger charge is -2.15. The van der Waals surface area contributed by atoms with Crippen LogP contribution in [0.25, 0.3) is 0 Å². The van der Waals surface area contributed by atoms with Crippen LogP contribution in [0.5, 0.6) is 0 Å². The number of allylic oxidation sites excluding steroid dienone is 3. The summed E-state index contributed by atoms with van der Waals surface area (Å²) < 4.78 is 0. The maximum atomic E-state index is 12.4. The van der Waals surface area contributed by atoms with Crippen LogP contribution < -0.4 is 5.32 Å². The molecule has 1 amide bonds. The molecule has 0 aromatic heterocycles. The fraction of sp³-hybridized carbons (Fsp3) is 0.884. The van der Waals surface area contributed by atoms with E-state index in [1.807, 2.05) is 0 Å². The highest BCUT2D eigenvalue weighted by molar-refractivity contribution is 5.76. The quantitative estimate of drug-likeness (QED) is 0.0537. The average Bonchev–Trinajstić information content (AvgIpc) is 3.05. The zero-order valence-corrected chi connectivity index (χ0v) is 31.3. The molecule has 0 unspecified atom stereocenters. The summed E-state index contributed by atoms with van der Waals surface area (Å²) in [6.45, 7) is 6.77. The van der Waals surface area contributed by atoms with Crippen LogP contribution in [0, 0.1) is 0 Å². The molecule has 0 aromatic carbocycles. The first-order chi connectivity index (χ1) is 22.2. The van der Waals surface area contributed by atoms with E-state index in [-0.39, 0.29) is 5.91 Å². The van der Waals surface area contributed by atoms with Crippen LogP contribution in [-0.2, 0) is 4.79 Å². The summed E-state index contributed by atoms with van der Waals surface area (Å²) in [7, 11) is 0. The van der Waals surface area contributed by atoms with E-state index in [0.717, 1.165) is 19.3 Å². The summed E-state index contributed by atoms with van der Waals surface area (Å²) >= 11 is 0. The van der Waals surface area contributed by atoms with E-state index in [2.05, 4.69) is 50.4 Å². The van der Waals surface area contributed by atoms with Gasteiger partial charge in [-0.05, 0) is 57.8 Å². The Balaban J connectivity index is 3.44. The van der Waals surface area contributed by atoms with Crippen LogP contribution in [0.4, 0.5) is 0 Å². The van der Waals surface area contributed by atoms with Gasteiger partial charge in [-0.1, -0.05) is 199 Å². The second kappa shape index (κ2) is 39.1. The molecule has 0 aliphatic rings. The molecule has 0 aliphatic carbocycles. The van der Waals surface area contributed by atoms with Crippen molar-refractivity contribution in [2.24, 2.45) is 0 Å². The Morgan fingerprint density at radius 1 is 0.422 bits per heavy atom. The van der Waals surface area contributed by atoms with Gasteiger partial charge in [-0.15, -0.1) is 0 Å². The van der Waals surface area contributed by atoms with Gasteiger partial charge in [0.05, 0.1) is 0 Å². The number of amides is 1. The Morgan fingerprint density at radius 2 is 0.733 bits per heavy atom. The Kier molecular flexibility index (Phi) is 38.2. The molecule has 0 heterocycles. The zero-order valence-electron chi connectivity index (χ0n) is 31.3. The largest absolute Gasteiger partial charge is 0.353 e. The minimum absolute atomic E-state index is 0.258. The van der Waals surface area contributed by atoms with Crippen molar-refractivity contribution in [2.75, 3.05) is 0 Å². The number of rotatable bonds is 37. The molecule has 0 spiro atoms. The standard InChI is InChI=1S/C43H83NO/c1-4-7-9-11-13-15-17-19-21-22-23-24-25-26-27-29-31-33-35-37-39-41-43(45)44-42(6-3)40-38-36-34-32-30-28-20-18-16-14-12-10-8-5-2/h19,21,36,38,42H,4-18,20,22-35,37,39-41H2,1-3H3,(H,44,45)/b21-19-,38-36+/t42-/m0/s1. The molecule has 45 heavy (non-hydrogen) atoms. The first kappa shape index (κ1) is 43.9. The van der Waals surface area contributed by atoms with Crippen molar-refractivity contribution in [3.63, 3.8) is 0 Å². The van der Waals surface area contributed by atoms with E-state index in [4.69, 9.17) is 0 Å². The summed E-state index contributed by atoms with van der Waals surface area (Å²) in [6.07, 6.45) is 54.5. The lowest BCUT2D eigenvalue weighted by atomic mass is 10.0. The molecule has 0 aliphatic heterocycles. The Bertz CT molecular complexity index is 623. The Labute approximate surface area is 284 Å². The fourth-order valence-electron chi connectivity index (χ4n) is 6.35. The molecular formula is C43H83NO. The van der Waals surface area contributed by atoms with Gasteiger partial charge >= 0.3 is 0 Å². The highest BCUT2D eigenvalue weighted by atomic mass is 16.1. The number of carbonyl (C=O) groups excluding carboxylic acids is 1. The molecule has 0 aromatic rings. The molecule has 0 radical (unpaired) electrons. The van der Waals surface area contributed by atoms with Crippen molar-refractivity contribution in [1.29, 1.82) is 0 Å². The van der Waals surface area contributed by atoms with E-state index in [9.17, 15) is 4.79 Å². The van der Waals surface area contributed by atoms with E-state index >= 15 is 0 Å². The van der Waals surface area contributed by atoms with Gasteiger partial charge in [-0.2, -0.15) is 0 Å². The van der Waals surface area contributed by atoms with Crippen molar-refractivity contribution >= 4 is 5.91 Å². The van der Waals surface area contributed by atoms with Crippen LogP contribution >= 0.6 is 0 Å². The molecule has 2 nitrogen and oxygen atoms in total. The van der Waals surface area contributed by atoms with Gasteiger partial charge < -0.3 is 5.32 Å². The van der Waals surface area contributed by atoms with E-state index < -0.39 is 0 Å². The first-order valence-corrected chi connectivity index (χ1v) is 20.8. The third-order valence-electron chi connectivity index (χ3n) is 9.59. The topological polar surface area (TPSA) is 29.1 Å². The van der Waals surface area contributed by atoms with E-state index in [1.54, 1.807) is 0 Å². The smallest absolute Gasteiger partial charge is 0.220 e. The zero-order chi connectivity index (χ0) is 32.7. The second-order valence-corrected chi connectivity index (χ2v) is 14.2. The first-order valence-electron chi connectivity index (χ1n) is 20.8. The van der Waals surface area contributed by atoms with Crippen molar-refractivity contribution in [3.05, 3.63) is 24.3 Å². The minimum atomic E-state index is 0.258. The van der Waals surface area contributed by atoms with E-state index in [0.29, 0.717) is 12.5 Å². The summed E-state index contributed by atoms with van der Waals surface area (Å²) in [6, 6.07) is 0.303. The van der Waals surface area contributed by atoms with Crippen molar-refractivity contribution < 1.29 is 4.79 Å². The lowest BCUT2D eigenvalue weighted by Crippen LogP contribution is -2.33. The highest BCUT2D eigenvalue weighted by Crippen LogP contribution is 2.15. The third kappa shape index (κ3) is 37.3. The molecule has 0 fully saturated rings. The molecule has 1 N–H and O–H groups in total. The van der Waals surface area contributed by atoms with Crippen LogP contribution in [0.3, 0.4) is 0 Å². The highest BCUT2D eigenvalue weighted by Gasteiger charge is 2.08. The normalized spacial score (nSPS) is 12.5. The van der Waals surface area contributed by atoms with Crippen LogP contribution in [0.15, 0.2) is 24.3 Å². The SMILES string of the molecule is CCCCCCCC/C=C\CCCCCCCCCCCCCC(=O)N[C@@H](CC)C/C=C/CCCCCCCCCCCCC. The summed E-state index contributed by atoms with van der Waals surface area (Å²) in [5.41, 5.74) is 0. The maximum Gasteiger partial charge on any atom is 0.220 e. The van der Waals surface area contributed by atoms with Gasteiger partial charge in [0.15, 0.2) is 0 Å². The van der Waals surface area contributed by atoms with Gasteiger partial charge in [-0.3, -0.25) is 4.79 Å². The second-order valence-electron chi connectivity index (χ2n) is 14.2. The number of carbonyl (C=O) groups is 1. The predicted octanol–water partition coefficient (Wildman–Crippen LogP) is 14.9. The van der Waals surface area contributed by atoms with Crippen LogP contribution in [-0.4, -0.2) is 11.9 Å². The minimum Gasteiger partial charge on any atom is -0.353 e. The summed E-state index contributed by atoms with van der Waals surface area (Å²) in [5, 5.41) is 3.28. The molecule has 1 atom stereocenters. The lowest BCUT2D eigenvalue weighted by molar-refractivity contribution is -0.121. The molecule has 2 heteroatoms. The van der Waals surface area contributed by atoms with Crippen LogP contribution in [0.2, 0.25) is 0 Å². The van der Waals surface area contributed by atoms with Crippen molar-refractivity contribution in [1.82, 2.24) is 5.32 Å². The van der Waals surface area contributed by atoms with Gasteiger partial charge in [0.2, 0.25) is 5.91 Å². The van der Waals surface area contributed by atoms with E-state index in [1.165, 1.54) is 193 Å². The van der Waals surface area contributed by atoms with Crippen LogP contribution in [0.1, 0.15) is 239 Å². The molecule has 0 saturated heterocycles. The van der Waals surface area contributed by atoms with Crippen molar-refractivity contribution in [2.45, 2.75) is 245 Å². The Hall–Kier alpha value is -1.05. The summed E-state index contributed by atoms with van der Waals surface area (Å²) in [4.78, 5) is 12.4. The monoisotopic (exact) mass is 630 g/mol. The molecule has 266 valence electrons.